The summed E-state index contributed by atoms with van der Waals surface area (Å²) in [6.45, 7) is 3.11. The molecule has 0 saturated carbocycles. The number of sulfonamides is 1. The van der Waals surface area contributed by atoms with E-state index in [1.807, 2.05) is 0 Å². The highest BCUT2D eigenvalue weighted by Gasteiger charge is 2.15. The van der Waals surface area contributed by atoms with Crippen molar-refractivity contribution in [1.82, 2.24) is 5.32 Å². The fourth-order valence-electron chi connectivity index (χ4n) is 1.53. The Labute approximate surface area is 123 Å². The van der Waals surface area contributed by atoms with E-state index in [0.717, 1.165) is 0 Å². The molecule has 1 atom stereocenters. The van der Waals surface area contributed by atoms with Gasteiger partial charge in [-0.25, -0.2) is 8.42 Å². The molecule has 0 radical (unpaired) electrons. The van der Waals surface area contributed by atoms with Crippen LogP contribution in [0, 0.1) is 0 Å². The molecule has 1 aromatic carbocycles. The molecule has 0 fully saturated rings. The monoisotopic (exact) mass is 314 g/mol. The number of carboxylic acid groups (broad SMARTS) is 1. The number of carboxylic acids is 1. The van der Waals surface area contributed by atoms with Gasteiger partial charge in [0.05, 0.1) is 5.75 Å². The van der Waals surface area contributed by atoms with E-state index in [1.165, 1.54) is 31.2 Å². The van der Waals surface area contributed by atoms with Gasteiger partial charge in [0.25, 0.3) is 5.91 Å². The first-order chi connectivity index (χ1) is 9.75. The van der Waals surface area contributed by atoms with Gasteiger partial charge in [-0.2, -0.15) is 0 Å². The first-order valence-corrected chi connectivity index (χ1v) is 8.04. The molecule has 3 N–H and O–H groups in total. The number of nitrogens with one attached hydrogen (secondary N) is 2. The highest BCUT2D eigenvalue weighted by atomic mass is 32.2. The Bertz CT molecular complexity index is 610. The van der Waals surface area contributed by atoms with E-state index in [9.17, 15) is 18.0 Å². The van der Waals surface area contributed by atoms with Crippen LogP contribution in [-0.4, -0.2) is 37.2 Å². The smallest absolute Gasteiger partial charge is 0.325 e. The van der Waals surface area contributed by atoms with Crippen molar-refractivity contribution in [1.29, 1.82) is 0 Å². The van der Waals surface area contributed by atoms with Crippen molar-refractivity contribution in [3.63, 3.8) is 0 Å². The second kappa shape index (κ2) is 7.07. The molecule has 0 aliphatic carbocycles. The van der Waals surface area contributed by atoms with Crippen LogP contribution >= 0.6 is 0 Å². The van der Waals surface area contributed by atoms with Gasteiger partial charge in [0.15, 0.2) is 0 Å². The quantitative estimate of drug-likeness (QED) is 0.696. The topological polar surface area (TPSA) is 113 Å². The second-order valence-electron chi connectivity index (χ2n) is 4.53. The average Bonchev–Trinajstić information content (AvgIpc) is 2.38. The molecule has 0 bridgehead atoms. The van der Waals surface area contributed by atoms with Crippen LogP contribution in [0.1, 0.15) is 30.6 Å². The zero-order chi connectivity index (χ0) is 16.0. The molecule has 0 spiro atoms. The third-order valence-corrected chi connectivity index (χ3v) is 4.10. The van der Waals surface area contributed by atoms with E-state index >= 15 is 0 Å². The Kier molecular flexibility index (Phi) is 5.71. The van der Waals surface area contributed by atoms with Crippen LogP contribution in [0.3, 0.4) is 0 Å². The normalized spacial score (nSPS) is 12.5. The van der Waals surface area contributed by atoms with Gasteiger partial charge in [-0.1, -0.05) is 6.92 Å². The minimum absolute atomic E-state index is 0.0192. The summed E-state index contributed by atoms with van der Waals surface area (Å²) in [5, 5.41) is 11.0. The fraction of sp³-hybridized carbons (Fsp3) is 0.385. The minimum atomic E-state index is -3.38. The Morgan fingerprint density at radius 2 is 1.81 bits per heavy atom. The molecule has 1 amide bonds. The maximum atomic E-state index is 11.7. The van der Waals surface area contributed by atoms with Crippen molar-refractivity contribution in [3.05, 3.63) is 29.8 Å². The van der Waals surface area contributed by atoms with Crippen LogP contribution in [0.4, 0.5) is 5.69 Å². The van der Waals surface area contributed by atoms with Gasteiger partial charge in [-0.3, -0.25) is 14.3 Å². The molecule has 0 heterocycles. The predicted molar refractivity (Wildman–Crippen MR) is 78.7 cm³/mol. The van der Waals surface area contributed by atoms with Crippen molar-refractivity contribution in [2.45, 2.75) is 26.3 Å². The van der Waals surface area contributed by atoms with E-state index in [2.05, 4.69) is 10.0 Å². The van der Waals surface area contributed by atoms with Gasteiger partial charge in [-0.15, -0.1) is 0 Å². The van der Waals surface area contributed by atoms with Crippen LogP contribution in [0.2, 0.25) is 0 Å². The number of benzene rings is 1. The highest BCUT2D eigenvalue weighted by Crippen LogP contribution is 2.12. The SMILES string of the molecule is CCCS(=O)(=O)Nc1ccc(C(=O)NC(C)C(=O)O)cc1. The fourth-order valence-corrected chi connectivity index (χ4v) is 2.67. The van der Waals surface area contributed by atoms with Crippen LogP contribution in [0.15, 0.2) is 24.3 Å². The Balaban J connectivity index is 2.74. The zero-order valence-electron chi connectivity index (χ0n) is 11.8. The lowest BCUT2D eigenvalue weighted by molar-refractivity contribution is -0.138. The molecule has 0 saturated heterocycles. The first kappa shape index (κ1) is 17.0. The van der Waals surface area contributed by atoms with E-state index in [-0.39, 0.29) is 11.3 Å². The molecule has 8 heteroatoms. The van der Waals surface area contributed by atoms with Crippen molar-refractivity contribution in [3.8, 4) is 0 Å². The maximum absolute atomic E-state index is 11.7. The summed E-state index contributed by atoms with van der Waals surface area (Å²) in [6.07, 6.45) is 0.503. The third-order valence-electron chi connectivity index (χ3n) is 2.61. The van der Waals surface area contributed by atoms with E-state index in [4.69, 9.17) is 5.11 Å². The van der Waals surface area contributed by atoms with Crippen LogP contribution in [0.25, 0.3) is 0 Å². The molecular formula is C13H18N2O5S. The Hall–Kier alpha value is -2.09. The maximum Gasteiger partial charge on any atom is 0.325 e. The molecule has 0 aliphatic rings. The number of anilines is 1. The number of carbonyl (C=O) groups excluding carboxylic acids is 1. The van der Waals surface area contributed by atoms with Crippen molar-refractivity contribution >= 4 is 27.6 Å². The Morgan fingerprint density at radius 3 is 2.29 bits per heavy atom. The van der Waals surface area contributed by atoms with E-state index < -0.39 is 27.9 Å². The van der Waals surface area contributed by atoms with E-state index in [1.54, 1.807) is 6.92 Å². The average molecular weight is 314 g/mol. The van der Waals surface area contributed by atoms with Gasteiger partial charge in [0.1, 0.15) is 6.04 Å². The number of carbonyl (C=O) groups is 2. The molecule has 1 unspecified atom stereocenters. The van der Waals surface area contributed by atoms with Crippen LogP contribution in [-0.2, 0) is 14.8 Å². The van der Waals surface area contributed by atoms with E-state index in [0.29, 0.717) is 12.1 Å². The van der Waals surface area contributed by atoms with Crippen molar-refractivity contribution < 1.29 is 23.1 Å². The highest BCUT2D eigenvalue weighted by molar-refractivity contribution is 7.92. The molecule has 1 rings (SSSR count). The Morgan fingerprint density at radius 1 is 1.24 bits per heavy atom. The summed E-state index contributed by atoms with van der Waals surface area (Å²) < 4.78 is 25.6. The number of hydrogen-bond donors (Lipinski definition) is 3. The molecular weight excluding hydrogens is 296 g/mol. The summed E-state index contributed by atoms with van der Waals surface area (Å²) in [5.74, 6) is -1.65. The second-order valence-corrected chi connectivity index (χ2v) is 6.37. The molecule has 7 nitrogen and oxygen atoms in total. The summed E-state index contributed by atoms with van der Waals surface area (Å²) in [4.78, 5) is 22.4. The number of rotatable bonds is 7. The zero-order valence-corrected chi connectivity index (χ0v) is 12.6. The minimum Gasteiger partial charge on any atom is -0.480 e. The van der Waals surface area contributed by atoms with Gasteiger partial charge < -0.3 is 10.4 Å². The molecule has 0 aromatic heterocycles. The number of hydrogen-bond acceptors (Lipinski definition) is 4. The standard InChI is InChI=1S/C13H18N2O5S/c1-3-8-21(19,20)15-11-6-4-10(5-7-11)12(16)14-9(2)13(17)18/h4-7,9,15H,3,8H2,1-2H3,(H,14,16)(H,17,18). The first-order valence-electron chi connectivity index (χ1n) is 6.39. The molecule has 116 valence electrons. The van der Waals surface area contributed by atoms with Gasteiger partial charge in [0, 0.05) is 11.3 Å². The largest absolute Gasteiger partial charge is 0.480 e. The number of aliphatic carboxylic acids is 1. The van der Waals surface area contributed by atoms with Crippen molar-refractivity contribution in [2.75, 3.05) is 10.5 Å². The van der Waals surface area contributed by atoms with Crippen molar-refractivity contribution in [2.24, 2.45) is 0 Å². The van der Waals surface area contributed by atoms with Gasteiger partial charge in [-0.05, 0) is 37.6 Å². The summed E-state index contributed by atoms with van der Waals surface area (Å²) >= 11 is 0. The predicted octanol–water partition coefficient (Wildman–Crippen LogP) is 1.04. The van der Waals surface area contributed by atoms with Gasteiger partial charge in [0.2, 0.25) is 10.0 Å². The van der Waals surface area contributed by atoms with Crippen LogP contribution < -0.4 is 10.0 Å². The summed E-state index contributed by atoms with van der Waals surface area (Å²) in [6, 6.07) is 4.75. The lowest BCUT2D eigenvalue weighted by atomic mass is 10.2. The third kappa shape index (κ3) is 5.42. The number of amides is 1. The summed E-state index contributed by atoms with van der Waals surface area (Å²) in [5.41, 5.74) is 0.604. The van der Waals surface area contributed by atoms with Gasteiger partial charge >= 0.3 is 5.97 Å². The lowest BCUT2D eigenvalue weighted by Crippen LogP contribution is -2.38. The summed E-state index contributed by atoms with van der Waals surface area (Å²) in [7, 11) is -3.38. The van der Waals surface area contributed by atoms with Crippen LogP contribution in [0.5, 0.6) is 0 Å². The molecule has 1 aromatic rings. The molecule has 0 aliphatic heterocycles. The molecule has 21 heavy (non-hydrogen) atoms. The lowest BCUT2D eigenvalue weighted by Gasteiger charge is -2.10.